The summed E-state index contributed by atoms with van der Waals surface area (Å²) in [5, 5.41) is 0. The molecule has 0 amide bonds. The van der Waals surface area contributed by atoms with Crippen LogP contribution in [0.5, 0.6) is 34.8 Å². The topological polar surface area (TPSA) is 293 Å². The van der Waals surface area contributed by atoms with E-state index in [1.165, 1.54) is 25.6 Å². The molecule has 0 bridgehead atoms. The van der Waals surface area contributed by atoms with E-state index >= 15 is 0 Å². The molecule has 0 aliphatic carbocycles. The average Bonchev–Trinajstić information content (AvgIpc) is 2.99. The van der Waals surface area contributed by atoms with E-state index in [2.05, 4.69) is 52.5 Å². The summed E-state index contributed by atoms with van der Waals surface area (Å²) in [6.07, 6.45) is 4.90. The van der Waals surface area contributed by atoms with Crippen LogP contribution in [0.1, 0.15) is 50.9 Å². The standard InChI is InChI=1S/C14H19N5O4S.C13H16IN5O2.CH4O2S.Na/c1-7(2)11-8(23-9-6-17-14(16)19-12(9)15)5-10(24(4,20)21)13(18-11)22-3;1-6(2)10-8(4-7(14)12(18-10)20-3)21-9-5-17-13(16)19-11(9)15;1-4(2)3;/h5-7H,1-4H3,(H4,15,16,17,19);4-6H,1-3H3,(H4,15,16,17,19);1H3,(H,2,3);/q;;;+1/p-1. The number of nitrogens with two attached hydrogens (primary N) is 4. The van der Waals surface area contributed by atoms with E-state index in [9.17, 15) is 8.42 Å². The first kappa shape index (κ1) is 44.7. The molecule has 1 unspecified atom stereocenters. The molecular weight excluding hydrogens is 818 g/mol. The van der Waals surface area contributed by atoms with E-state index in [0.717, 1.165) is 21.8 Å². The largest absolute Gasteiger partial charge is 1.00 e. The zero-order chi connectivity index (χ0) is 37.2. The van der Waals surface area contributed by atoms with Gasteiger partial charge in [0, 0.05) is 18.4 Å². The summed E-state index contributed by atoms with van der Waals surface area (Å²) in [4.78, 5) is 24.0. The van der Waals surface area contributed by atoms with Crippen molar-refractivity contribution in [2.75, 3.05) is 49.7 Å². The van der Waals surface area contributed by atoms with Crippen LogP contribution in [0.25, 0.3) is 0 Å². The Kier molecular flexibility index (Phi) is 17.8. The molecule has 4 aromatic rings. The Morgan fingerprint density at radius 1 is 0.760 bits per heavy atom. The maximum atomic E-state index is 12.0. The summed E-state index contributed by atoms with van der Waals surface area (Å²) < 4.78 is 64.6. The third-order valence-electron chi connectivity index (χ3n) is 5.81. The molecule has 4 aromatic heterocycles. The molecule has 0 spiro atoms. The second-order valence-electron chi connectivity index (χ2n) is 10.4. The molecule has 0 aromatic carbocycles. The van der Waals surface area contributed by atoms with Gasteiger partial charge in [-0.25, -0.2) is 28.4 Å². The fourth-order valence-electron chi connectivity index (χ4n) is 3.68. The average molecular weight is 857 g/mol. The van der Waals surface area contributed by atoms with Gasteiger partial charge in [-0.3, -0.25) is 4.21 Å². The summed E-state index contributed by atoms with van der Waals surface area (Å²) in [7, 11) is -0.631. The van der Waals surface area contributed by atoms with Crippen LogP contribution in [0.3, 0.4) is 0 Å². The predicted molar refractivity (Wildman–Crippen MR) is 192 cm³/mol. The molecule has 1 atom stereocenters. The summed E-state index contributed by atoms with van der Waals surface area (Å²) in [6.45, 7) is 7.81. The Morgan fingerprint density at radius 3 is 1.48 bits per heavy atom. The Morgan fingerprint density at radius 2 is 1.14 bits per heavy atom. The van der Waals surface area contributed by atoms with Crippen LogP contribution in [-0.4, -0.2) is 73.8 Å². The van der Waals surface area contributed by atoms with Crippen molar-refractivity contribution in [1.82, 2.24) is 29.9 Å². The van der Waals surface area contributed by atoms with Gasteiger partial charge in [-0.1, -0.05) is 38.8 Å². The van der Waals surface area contributed by atoms with E-state index < -0.39 is 20.9 Å². The van der Waals surface area contributed by atoms with Gasteiger partial charge in [-0.2, -0.15) is 9.97 Å². The number of ether oxygens (including phenoxy) is 4. The summed E-state index contributed by atoms with van der Waals surface area (Å²) >= 11 is 0.272. The number of pyridine rings is 2. The molecule has 8 N–H and O–H groups in total. The zero-order valence-electron chi connectivity index (χ0n) is 28.9. The van der Waals surface area contributed by atoms with Crippen LogP contribution in [0.4, 0.5) is 23.5 Å². The van der Waals surface area contributed by atoms with E-state index in [1.54, 1.807) is 7.11 Å². The van der Waals surface area contributed by atoms with Crippen molar-refractivity contribution < 1.29 is 65.7 Å². The minimum atomic E-state index is -3.57. The van der Waals surface area contributed by atoms with Crippen LogP contribution < -0.4 is 71.4 Å². The molecule has 0 fully saturated rings. The van der Waals surface area contributed by atoms with Gasteiger partial charge in [0.2, 0.25) is 23.7 Å². The second-order valence-corrected chi connectivity index (χ2v) is 14.3. The van der Waals surface area contributed by atoms with Crippen molar-refractivity contribution >= 4 is 67.0 Å². The van der Waals surface area contributed by atoms with Crippen molar-refractivity contribution in [3.63, 3.8) is 0 Å². The molecule has 0 radical (unpaired) electrons. The van der Waals surface area contributed by atoms with Crippen molar-refractivity contribution in [2.24, 2.45) is 0 Å². The van der Waals surface area contributed by atoms with E-state index in [1.807, 2.05) is 33.8 Å². The normalized spacial score (nSPS) is 11.3. The van der Waals surface area contributed by atoms with E-state index in [0.29, 0.717) is 23.1 Å². The first-order valence-electron chi connectivity index (χ1n) is 13.9. The number of nitrogens with zero attached hydrogens (tertiary/aromatic N) is 6. The molecule has 4 heterocycles. The fourth-order valence-corrected chi connectivity index (χ4v) is 5.07. The summed E-state index contributed by atoms with van der Waals surface area (Å²) in [6, 6.07) is 3.20. The number of anilines is 4. The van der Waals surface area contributed by atoms with Gasteiger partial charge in [0.15, 0.2) is 44.5 Å². The van der Waals surface area contributed by atoms with Crippen LogP contribution in [0.15, 0.2) is 29.4 Å². The maximum absolute atomic E-state index is 12.0. The van der Waals surface area contributed by atoms with Gasteiger partial charge in [-0.05, 0) is 40.7 Å². The monoisotopic (exact) mass is 856 g/mol. The number of hydrogen-bond acceptors (Lipinski definition) is 18. The Balaban J connectivity index is 0.000000446. The van der Waals surface area contributed by atoms with Crippen molar-refractivity contribution in [3.05, 3.63) is 39.5 Å². The van der Waals surface area contributed by atoms with Crippen LogP contribution in [0, 0.1) is 3.57 Å². The smallest absolute Gasteiger partial charge is 0.773 e. The van der Waals surface area contributed by atoms with Crippen molar-refractivity contribution in [1.29, 1.82) is 0 Å². The molecule has 0 saturated carbocycles. The molecule has 50 heavy (non-hydrogen) atoms. The van der Waals surface area contributed by atoms with Gasteiger partial charge in [0.05, 0.1) is 41.6 Å². The Bertz CT molecular complexity index is 1900. The first-order chi connectivity index (χ1) is 22.8. The minimum Gasteiger partial charge on any atom is -0.773 e. The number of methoxy groups -OCH3 is 2. The first-order valence-corrected chi connectivity index (χ1v) is 18.4. The number of nitrogen functional groups attached to an aromatic ring is 4. The number of rotatable bonds is 9. The van der Waals surface area contributed by atoms with E-state index in [-0.39, 0.29) is 87.2 Å². The number of aromatic nitrogens is 6. The van der Waals surface area contributed by atoms with Gasteiger partial charge in [0.25, 0.3) is 0 Å². The zero-order valence-corrected chi connectivity index (χ0v) is 34.7. The SMILES string of the molecule is COc1nc(C(C)C)c(Oc2cnc(N)nc2N)cc1I.COc1nc(C(C)C)c(Oc2cnc(N)nc2N)cc1S(C)(=O)=O.CS(=O)[O-].[Na+]. The molecule has 0 saturated heterocycles. The molecule has 0 aliphatic rings. The maximum Gasteiger partial charge on any atom is 1.00 e. The van der Waals surface area contributed by atoms with Gasteiger partial charge >= 0.3 is 29.6 Å². The molecule has 22 heteroatoms. The third-order valence-corrected chi connectivity index (χ3v) is 7.67. The van der Waals surface area contributed by atoms with Gasteiger partial charge in [0.1, 0.15) is 4.90 Å². The van der Waals surface area contributed by atoms with Gasteiger partial charge in [-0.15, -0.1) is 0 Å². The number of sulfone groups is 1. The molecule has 18 nitrogen and oxygen atoms in total. The quantitative estimate of drug-likeness (QED) is 0.101. The molecule has 268 valence electrons. The molecule has 0 aliphatic heterocycles. The summed E-state index contributed by atoms with van der Waals surface area (Å²) in [5.41, 5.74) is 23.7. The Labute approximate surface area is 328 Å². The molecule has 4 rings (SSSR count). The van der Waals surface area contributed by atoms with E-state index in [4.69, 9.17) is 50.6 Å². The van der Waals surface area contributed by atoms with Crippen LogP contribution in [-0.2, 0) is 20.9 Å². The van der Waals surface area contributed by atoms with Crippen LogP contribution >= 0.6 is 22.6 Å². The molecular formula is C28H38IN10NaO8S2. The summed E-state index contributed by atoms with van der Waals surface area (Å²) in [5.74, 6) is 2.31. The predicted octanol–water partition coefficient (Wildman–Crippen LogP) is 0.428. The Hall–Kier alpha value is -3.35. The minimum absolute atomic E-state index is 0. The van der Waals surface area contributed by atoms with Gasteiger partial charge < -0.3 is 46.4 Å². The van der Waals surface area contributed by atoms with Crippen LogP contribution in [0.2, 0.25) is 0 Å². The number of hydrogen-bond donors (Lipinski definition) is 4. The fraction of sp³-hybridized carbons (Fsp3) is 0.357. The number of halogens is 1. The van der Waals surface area contributed by atoms with Crippen molar-refractivity contribution in [3.8, 4) is 34.8 Å². The van der Waals surface area contributed by atoms with Crippen molar-refractivity contribution in [2.45, 2.75) is 44.4 Å². The second kappa shape index (κ2) is 19.9. The third kappa shape index (κ3) is 13.1.